The Hall–Kier alpha value is -3.81. The maximum Gasteiger partial charge on any atom is 0.255 e. The van der Waals surface area contributed by atoms with E-state index in [9.17, 15) is 18.0 Å². The van der Waals surface area contributed by atoms with Crippen molar-refractivity contribution in [2.75, 3.05) is 18.4 Å². The summed E-state index contributed by atoms with van der Waals surface area (Å²) in [6.07, 6.45) is 3.00. The summed E-state index contributed by atoms with van der Waals surface area (Å²) in [7, 11) is -3.77. The first-order valence-electron chi connectivity index (χ1n) is 10.6. The normalized spacial score (nSPS) is 11.1. The fourth-order valence-corrected chi connectivity index (χ4v) is 4.76. The van der Waals surface area contributed by atoms with Crippen molar-refractivity contribution < 1.29 is 18.0 Å². The van der Waals surface area contributed by atoms with Gasteiger partial charge in [0, 0.05) is 29.8 Å². The minimum Gasteiger partial charge on any atom is -0.321 e. The number of hydrogen-bond acceptors (Lipinski definition) is 4. The summed E-state index contributed by atoms with van der Waals surface area (Å²) >= 11 is 0. The smallest absolute Gasteiger partial charge is 0.255 e. The van der Waals surface area contributed by atoms with E-state index < -0.39 is 15.9 Å². The second-order valence-corrected chi connectivity index (χ2v) is 9.56. The monoisotopic (exact) mass is 474 g/mol. The number of hydrogen-bond donors (Lipinski definition) is 1. The molecule has 0 aliphatic rings. The van der Waals surface area contributed by atoms with E-state index in [2.05, 4.69) is 18.5 Å². The fourth-order valence-electron chi connectivity index (χ4n) is 3.38. The molecule has 0 saturated heterocycles. The summed E-state index contributed by atoms with van der Waals surface area (Å²) in [6, 6.07) is 19.7. The number of nitrogens with one attached hydrogen (secondary N) is 1. The van der Waals surface area contributed by atoms with Crippen molar-refractivity contribution in [3.05, 3.63) is 120 Å². The average Bonchev–Trinajstić information content (AvgIpc) is 2.85. The summed E-state index contributed by atoms with van der Waals surface area (Å²) in [4.78, 5) is 26.0. The van der Waals surface area contributed by atoms with Crippen LogP contribution in [0.1, 0.15) is 31.8 Å². The topological polar surface area (TPSA) is 83.6 Å². The van der Waals surface area contributed by atoms with Gasteiger partial charge in [-0.15, -0.1) is 13.2 Å². The number of sulfonamides is 1. The lowest BCUT2D eigenvalue weighted by Gasteiger charge is -2.19. The van der Waals surface area contributed by atoms with E-state index in [-0.39, 0.29) is 29.3 Å². The predicted molar refractivity (Wildman–Crippen MR) is 135 cm³/mol. The van der Waals surface area contributed by atoms with Crippen LogP contribution >= 0.6 is 0 Å². The third kappa shape index (κ3) is 5.57. The van der Waals surface area contributed by atoms with Crippen LogP contribution in [0, 0.1) is 6.92 Å². The molecule has 0 bridgehead atoms. The number of carbonyl (C=O) groups is 2. The summed E-state index contributed by atoms with van der Waals surface area (Å²) < 4.78 is 27.0. The molecule has 0 aliphatic carbocycles. The largest absolute Gasteiger partial charge is 0.321 e. The summed E-state index contributed by atoms with van der Waals surface area (Å²) in [6.45, 7) is 9.34. The van der Waals surface area contributed by atoms with Gasteiger partial charge in [0.1, 0.15) is 0 Å². The van der Waals surface area contributed by atoms with Crippen LogP contribution in [0.25, 0.3) is 0 Å². The van der Waals surface area contributed by atoms with Crippen LogP contribution in [-0.2, 0) is 10.0 Å². The number of aryl methyl sites for hydroxylation is 1. The van der Waals surface area contributed by atoms with Crippen LogP contribution in [-0.4, -0.2) is 37.5 Å². The van der Waals surface area contributed by atoms with Gasteiger partial charge in [-0.05, 0) is 43.3 Å². The van der Waals surface area contributed by atoms with Crippen molar-refractivity contribution in [1.82, 2.24) is 4.31 Å². The minimum absolute atomic E-state index is 0.0584. The molecule has 1 N–H and O–H groups in total. The van der Waals surface area contributed by atoms with Crippen molar-refractivity contribution in [2.45, 2.75) is 11.8 Å². The SMILES string of the molecule is C=CCN(CC=C)S(=O)(=O)c1ccc(C(=O)Nc2ccc(C)cc2C(=O)c2ccccc2)cc1. The highest BCUT2D eigenvalue weighted by Gasteiger charge is 2.23. The molecule has 0 radical (unpaired) electrons. The first-order chi connectivity index (χ1) is 16.3. The molecule has 3 aromatic carbocycles. The minimum atomic E-state index is -3.77. The molecule has 0 fully saturated rings. The first kappa shape index (κ1) is 24.8. The quantitative estimate of drug-likeness (QED) is 0.337. The number of amides is 1. The standard InChI is InChI=1S/C27H26N2O4S/c1-4-17-29(18-5-2)34(32,33)23-14-12-22(13-15-23)27(31)28-25-16-11-20(3)19-24(25)26(30)21-9-7-6-8-10-21/h4-16,19H,1-2,17-18H2,3H3,(H,28,31). The lowest BCUT2D eigenvalue weighted by molar-refractivity contribution is 0.102. The van der Waals surface area contributed by atoms with Crippen molar-refractivity contribution in [3.63, 3.8) is 0 Å². The Morgan fingerprint density at radius 3 is 2.09 bits per heavy atom. The van der Waals surface area contributed by atoms with Gasteiger partial charge in [0.25, 0.3) is 5.91 Å². The lowest BCUT2D eigenvalue weighted by atomic mass is 9.99. The number of rotatable bonds is 10. The van der Waals surface area contributed by atoms with Gasteiger partial charge in [0.05, 0.1) is 10.6 Å². The molecule has 0 saturated carbocycles. The molecule has 3 rings (SSSR count). The van der Waals surface area contributed by atoms with Crippen LogP contribution in [0.4, 0.5) is 5.69 Å². The fraction of sp³-hybridized carbons (Fsp3) is 0.111. The summed E-state index contributed by atoms with van der Waals surface area (Å²) in [5.41, 5.74) is 2.42. The maximum absolute atomic E-state index is 13.0. The molecular weight excluding hydrogens is 448 g/mol. The Morgan fingerprint density at radius 2 is 1.50 bits per heavy atom. The van der Waals surface area contributed by atoms with E-state index in [1.165, 1.54) is 40.7 Å². The molecule has 7 heteroatoms. The van der Waals surface area contributed by atoms with Crippen LogP contribution in [0.3, 0.4) is 0 Å². The van der Waals surface area contributed by atoms with E-state index in [0.717, 1.165) is 5.56 Å². The highest BCUT2D eigenvalue weighted by Crippen LogP contribution is 2.23. The van der Waals surface area contributed by atoms with Crippen molar-refractivity contribution in [1.29, 1.82) is 0 Å². The van der Waals surface area contributed by atoms with Crippen LogP contribution in [0.2, 0.25) is 0 Å². The number of benzene rings is 3. The summed E-state index contributed by atoms with van der Waals surface area (Å²) in [5, 5.41) is 2.78. The first-order valence-corrected chi connectivity index (χ1v) is 12.1. The Bertz CT molecular complexity index is 1300. The van der Waals surface area contributed by atoms with E-state index in [1.54, 1.807) is 42.5 Å². The van der Waals surface area contributed by atoms with Gasteiger partial charge in [-0.25, -0.2) is 8.42 Å². The van der Waals surface area contributed by atoms with E-state index >= 15 is 0 Å². The Balaban J connectivity index is 1.85. The third-order valence-electron chi connectivity index (χ3n) is 5.12. The molecule has 0 spiro atoms. The lowest BCUT2D eigenvalue weighted by Crippen LogP contribution is -2.31. The molecule has 174 valence electrons. The molecule has 6 nitrogen and oxygen atoms in total. The molecule has 34 heavy (non-hydrogen) atoms. The van der Waals surface area contributed by atoms with Gasteiger partial charge in [-0.2, -0.15) is 4.31 Å². The van der Waals surface area contributed by atoms with Crippen molar-refractivity contribution >= 4 is 27.4 Å². The molecule has 0 aromatic heterocycles. The zero-order chi connectivity index (χ0) is 24.7. The highest BCUT2D eigenvalue weighted by atomic mass is 32.2. The molecule has 3 aromatic rings. The third-order valence-corrected chi connectivity index (χ3v) is 6.97. The Kier molecular flexibility index (Phi) is 7.94. The maximum atomic E-state index is 13.0. The number of anilines is 1. The van der Waals surface area contributed by atoms with Gasteiger partial charge < -0.3 is 5.32 Å². The Morgan fingerprint density at radius 1 is 0.882 bits per heavy atom. The second-order valence-electron chi connectivity index (χ2n) is 7.62. The molecular formula is C27H26N2O4S. The molecule has 0 heterocycles. The number of carbonyl (C=O) groups excluding carboxylic acids is 2. The Labute approximate surface area is 200 Å². The summed E-state index contributed by atoms with van der Waals surface area (Å²) in [5.74, 6) is -0.658. The predicted octanol–water partition coefficient (Wildman–Crippen LogP) is 4.84. The van der Waals surface area contributed by atoms with Gasteiger partial charge in [0.15, 0.2) is 5.78 Å². The van der Waals surface area contributed by atoms with E-state index in [0.29, 0.717) is 16.8 Å². The second kappa shape index (κ2) is 10.9. The van der Waals surface area contributed by atoms with Gasteiger partial charge in [-0.3, -0.25) is 9.59 Å². The van der Waals surface area contributed by atoms with E-state index in [1.807, 2.05) is 13.0 Å². The molecule has 0 atom stereocenters. The molecule has 0 aliphatic heterocycles. The van der Waals surface area contributed by atoms with Crippen LogP contribution < -0.4 is 5.32 Å². The van der Waals surface area contributed by atoms with Gasteiger partial charge >= 0.3 is 0 Å². The number of nitrogens with zero attached hydrogens (tertiary/aromatic N) is 1. The van der Waals surface area contributed by atoms with Crippen molar-refractivity contribution in [3.8, 4) is 0 Å². The molecule has 0 unspecified atom stereocenters. The molecule has 1 amide bonds. The van der Waals surface area contributed by atoms with Gasteiger partial charge in [0.2, 0.25) is 10.0 Å². The van der Waals surface area contributed by atoms with Crippen LogP contribution in [0.15, 0.2) is 103 Å². The average molecular weight is 475 g/mol. The number of ketones is 1. The van der Waals surface area contributed by atoms with Crippen molar-refractivity contribution in [2.24, 2.45) is 0 Å². The van der Waals surface area contributed by atoms with Gasteiger partial charge in [-0.1, -0.05) is 54.1 Å². The van der Waals surface area contributed by atoms with Crippen LogP contribution in [0.5, 0.6) is 0 Å². The highest BCUT2D eigenvalue weighted by molar-refractivity contribution is 7.89. The zero-order valence-corrected chi connectivity index (χ0v) is 19.7. The zero-order valence-electron chi connectivity index (χ0n) is 18.9. The van der Waals surface area contributed by atoms with E-state index in [4.69, 9.17) is 0 Å².